The molecule has 12 nitrogen and oxygen atoms in total. The second-order valence-electron chi connectivity index (χ2n) is 11.4. The van der Waals surface area contributed by atoms with E-state index in [0.717, 1.165) is 16.1 Å². The first-order valence-electron chi connectivity index (χ1n) is 15.5. The summed E-state index contributed by atoms with van der Waals surface area (Å²) >= 11 is 0. The van der Waals surface area contributed by atoms with E-state index in [1.54, 1.807) is 24.5 Å². The topological polar surface area (TPSA) is 161 Å². The SMILES string of the molecule is C=CCN(NC(=O)Cc1ccccc1)C(=O)N1CCC[C@H]1C(=O)N[C@@H](Cc1cccnc1)C(=O)N[C@H](CC(=O)O)Cc1ccccc1. The maximum absolute atomic E-state index is 13.7. The number of hydrazine groups is 1. The van der Waals surface area contributed by atoms with E-state index in [1.807, 2.05) is 60.7 Å². The van der Waals surface area contributed by atoms with Gasteiger partial charge in [-0.1, -0.05) is 72.8 Å². The first kappa shape index (κ1) is 34.4. The Hall–Kier alpha value is -5.52. The van der Waals surface area contributed by atoms with Gasteiger partial charge < -0.3 is 20.6 Å². The van der Waals surface area contributed by atoms with E-state index in [0.29, 0.717) is 18.4 Å². The number of urea groups is 1. The molecule has 2 aromatic carbocycles. The molecule has 4 N–H and O–H groups in total. The number of carbonyl (C=O) groups is 5. The molecule has 0 spiro atoms. The van der Waals surface area contributed by atoms with Gasteiger partial charge in [0, 0.05) is 31.4 Å². The van der Waals surface area contributed by atoms with Gasteiger partial charge >= 0.3 is 12.0 Å². The number of nitrogens with zero attached hydrogens (tertiary/aromatic N) is 3. The molecule has 0 saturated carbocycles. The number of hydrogen-bond donors (Lipinski definition) is 4. The fraction of sp³-hybridized carbons (Fsp3) is 0.314. The van der Waals surface area contributed by atoms with E-state index >= 15 is 0 Å². The first-order chi connectivity index (χ1) is 22.7. The lowest BCUT2D eigenvalue weighted by Gasteiger charge is -2.31. The van der Waals surface area contributed by atoms with Gasteiger partial charge in [-0.15, -0.1) is 6.58 Å². The molecule has 1 fully saturated rings. The highest BCUT2D eigenvalue weighted by Crippen LogP contribution is 2.20. The number of aliphatic carboxylic acids is 1. The number of carbonyl (C=O) groups excluding carboxylic acids is 4. The Labute approximate surface area is 273 Å². The summed E-state index contributed by atoms with van der Waals surface area (Å²) in [4.78, 5) is 71.0. The molecule has 0 unspecified atom stereocenters. The number of likely N-dealkylation sites (tertiary alicyclic amines) is 1. The summed E-state index contributed by atoms with van der Waals surface area (Å²) in [7, 11) is 0. The maximum Gasteiger partial charge on any atom is 0.339 e. The molecule has 3 atom stereocenters. The molecule has 47 heavy (non-hydrogen) atoms. The predicted molar refractivity (Wildman–Crippen MR) is 175 cm³/mol. The molecular weight excluding hydrogens is 600 g/mol. The lowest BCUT2D eigenvalue weighted by Crippen LogP contribution is -2.58. The molecule has 4 rings (SSSR count). The van der Waals surface area contributed by atoms with E-state index in [1.165, 1.54) is 11.0 Å². The number of rotatable bonds is 14. The fourth-order valence-corrected chi connectivity index (χ4v) is 5.51. The van der Waals surface area contributed by atoms with Gasteiger partial charge in [0.15, 0.2) is 0 Å². The van der Waals surface area contributed by atoms with Gasteiger partial charge in [-0.3, -0.25) is 29.6 Å². The van der Waals surface area contributed by atoms with Crippen molar-refractivity contribution < 1.29 is 29.1 Å². The van der Waals surface area contributed by atoms with Crippen molar-refractivity contribution in [2.45, 2.75) is 56.7 Å². The van der Waals surface area contributed by atoms with Crippen molar-refractivity contribution in [3.05, 3.63) is 115 Å². The van der Waals surface area contributed by atoms with Crippen LogP contribution in [-0.2, 0) is 38.4 Å². The largest absolute Gasteiger partial charge is 0.481 e. The molecule has 0 bridgehead atoms. The first-order valence-corrected chi connectivity index (χ1v) is 15.5. The second kappa shape index (κ2) is 17.2. The molecule has 1 aromatic heterocycles. The molecule has 246 valence electrons. The quantitative estimate of drug-likeness (QED) is 0.156. The van der Waals surface area contributed by atoms with Crippen molar-refractivity contribution in [1.82, 2.24) is 31.0 Å². The van der Waals surface area contributed by atoms with Crippen LogP contribution in [0, 0.1) is 0 Å². The van der Waals surface area contributed by atoms with Gasteiger partial charge in [0.05, 0.1) is 19.4 Å². The number of benzene rings is 2. The Kier molecular flexibility index (Phi) is 12.6. The molecule has 0 aliphatic carbocycles. The molecule has 12 heteroatoms. The van der Waals surface area contributed by atoms with Crippen molar-refractivity contribution in [2.24, 2.45) is 0 Å². The molecule has 2 heterocycles. The minimum Gasteiger partial charge on any atom is -0.481 e. The minimum atomic E-state index is -1.08. The van der Waals surface area contributed by atoms with Crippen LogP contribution in [0.25, 0.3) is 0 Å². The number of carboxylic acid groups (broad SMARTS) is 1. The monoisotopic (exact) mass is 640 g/mol. The summed E-state index contributed by atoms with van der Waals surface area (Å²) in [5, 5.41) is 16.3. The minimum absolute atomic E-state index is 0.0165. The summed E-state index contributed by atoms with van der Waals surface area (Å²) in [6, 6.07) is 18.5. The number of nitrogens with one attached hydrogen (secondary N) is 3. The van der Waals surface area contributed by atoms with E-state index in [4.69, 9.17) is 0 Å². The third-order valence-corrected chi connectivity index (χ3v) is 7.70. The number of carboxylic acids is 1. The smallest absolute Gasteiger partial charge is 0.339 e. The van der Waals surface area contributed by atoms with Gasteiger partial charge in [0.2, 0.25) is 17.7 Å². The van der Waals surface area contributed by atoms with E-state index in [9.17, 15) is 29.1 Å². The Morgan fingerprint density at radius 3 is 2.26 bits per heavy atom. The van der Waals surface area contributed by atoms with Crippen LogP contribution >= 0.6 is 0 Å². The molecule has 1 aliphatic heterocycles. The highest BCUT2D eigenvalue weighted by Gasteiger charge is 2.38. The number of pyridine rings is 1. The van der Waals surface area contributed by atoms with Crippen LogP contribution in [-0.4, -0.2) is 80.9 Å². The normalized spacial score (nSPS) is 15.1. The van der Waals surface area contributed by atoms with Crippen LogP contribution in [0.15, 0.2) is 97.8 Å². The van der Waals surface area contributed by atoms with Crippen LogP contribution in [0.2, 0.25) is 0 Å². The standard InChI is InChI=1S/C35H40N6O6/c1-2-18-41(39-31(42)22-26-13-7-4-8-14-26)35(47)40-19-10-16-30(40)34(46)38-29(21-27-15-9-17-36-24-27)33(45)37-28(23-32(43)44)20-25-11-5-3-6-12-25/h2-9,11-15,17,24,28-30H,1,10,16,18-23H2,(H,37,45)(H,38,46)(H,39,42)(H,43,44)/t28-,29-,30-/m0/s1. The van der Waals surface area contributed by atoms with E-state index in [2.05, 4.69) is 27.6 Å². The lowest BCUT2D eigenvalue weighted by molar-refractivity contribution is -0.138. The molecular formula is C35H40N6O6. The second-order valence-corrected chi connectivity index (χ2v) is 11.4. The maximum atomic E-state index is 13.7. The highest BCUT2D eigenvalue weighted by molar-refractivity contribution is 5.93. The molecule has 1 saturated heterocycles. The zero-order chi connectivity index (χ0) is 33.6. The van der Waals surface area contributed by atoms with Crippen LogP contribution in [0.5, 0.6) is 0 Å². The van der Waals surface area contributed by atoms with Gasteiger partial charge in [0.1, 0.15) is 12.1 Å². The number of hydrogen-bond acceptors (Lipinski definition) is 6. The van der Waals surface area contributed by atoms with Crippen molar-refractivity contribution in [1.29, 1.82) is 0 Å². The molecule has 0 radical (unpaired) electrons. The summed E-state index contributed by atoms with van der Waals surface area (Å²) in [5.74, 6) is -2.56. The molecule has 1 aliphatic rings. The van der Waals surface area contributed by atoms with Gasteiger partial charge in [-0.2, -0.15) is 0 Å². The third-order valence-electron chi connectivity index (χ3n) is 7.70. The Morgan fingerprint density at radius 1 is 0.936 bits per heavy atom. The molecule has 3 aromatic rings. The van der Waals surface area contributed by atoms with Crippen LogP contribution in [0.3, 0.4) is 0 Å². The van der Waals surface area contributed by atoms with Crippen LogP contribution < -0.4 is 16.1 Å². The zero-order valence-corrected chi connectivity index (χ0v) is 26.1. The van der Waals surface area contributed by atoms with Crippen LogP contribution in [0.4, 0.5) is 4.79 Å². The summed E-state index contributed by atoms with van der Waals surface area (Å²) in [5.41, 5.74) is 4.95. The fourth-order valence-electron chi connectivity index (χ4n) is 5.51. The van der Waals surface area contributed by atoms with Crippen molar-refractivity contribution in [3.8, 4) is 0 Å². The number of amides is 5. The van der Waals surface area contributed by atoms with Crippen molar-refractivity contribution in [3.63, 3.8) is 0 Å². The predicted octanol–water partition coefficient (Wildman–Crippen LogP) is 2.66. The Morgan fingerprint density at radius 2 is 1.62 bits per heavy atom. The van der Waals surface area contributed by atoms with Gasteiger partial charge in [0.25, 0.3) is 0 Å². The van der Waals surface area contributed by atoms with Crippen LogP contribution in [0.1, 0.15) is 36.0 Å². The zero-order valence-electron chi connectivity index (χ0n) is 26.1. The van der Waals surface area contributed by atoms with Gasteiger partial charge in [-0.05, 0) is 42.0 Å². The van der Waals surface area contributed by atoms with Crippen molar-refractivity contribution in [2.75, 3.05) is 13.1 Å². The Balaban J connectivity index is 1.47. The summed E-state index contributed by atoms with van der Waals surface area (Å²) in [6.45, 7) is 3.98. The van der Waals surface area contributed by atoms with Crippen molar-refractivity contribution >= 4 is 29.7 Å². The summed E-state index contributed by atoms with van der Waals surface area (Å²) in [6.07, 6.45) is 5.68. The highest BCUT2D eigenvalue weighted by atomic mass is 16.4. The lowest BCUT2D eigenvalue weighted by atomic mass is 10.0. The third kappa shape index (κ3) is 10.5. The average molecular weight is 641 g/mol. The average Bonchev–Trinajstić information content (AvgIpc) is 3.55. The van der Waals surface area contributed by atoms with Gasteiger partial charge in [-0.25, -0.2) is 9.80 Å². The molecule has 5 amide bonds. The summed E-state index contributed by atoms with van der Waals surface area (Å²) < 4.78 is 0. The van der Waals surface area contributed by atoms with E-state index < -0.39 is 47.8 Å². The van der Waals surface area contributed by atoms with E-state index in [-0.39, 0.29) is 38.8 Å². The number of aromatic nitrogens is 1. The Bertz CT molecular complexity index is 1520.